The molecule has 1 rings (SSSR count). The zero-order valence-corrected chi connectivity index (χ0v) is 7.48. The highest BCUT2D eigenvalue weighted by molar-refractivity contribution is 4.89. The Morgan fingerprint density at radius 2 is 1.86 bits per heavy atom. The highest BCUT2D eigenvalue weighted by atomic mass is 16.7. The molecule has 5 atom stereocenters. The molecule has 0 aromatic carbocycles. The van der Waals surface area contributed by atoms with E-state index in [2.05, 4.69) is 0 Å². The fourth-order valence-corrected chi connectivity index (χ4v) is 1.36. The second-order valence-corrected chi connectivity index (χ2v) is 3.03. The lowest BCUT2D eigenvalue weighted by atomic mass is 9.99. The van der Waals surface area contributed by atoms with Crippen molar-refractivity contribution in [3.63, 3.8) is 0 Å². The summed E-state index contributed by atoms with van der Waals surface area (Å²) in [5.74, 6) is 0. The second-order valence-electron chi connectivity index (χ2n) is 3.03. The molecule has 14 heavy (non-hydrogen) atoms. The van der Waals surface area contributed by atoms with Crippen molar-refractivity contribution >= 4 is 0 Å². The highest BCUT2D eigenvalue weighted by Gasteiger charge is 2.44. The lowest BCUT2D eigenvalue weighted by Gasteiger charge is -2.39. The average molecular weight is 209 g/mol. The summed E-state index contributed by atoms with van der Waals surface area (Å²) in [5, 5.41) is 36.9. The predicted molar refractivity (Wildman–Crippen MR) is 43.9 cm³/mol. The summed E-state index contributed by atoms with van der Waals surface area (Å²) < 4.78 is 9.58. The Hall–Kier alpha value is -0.280. The van der Waals surface area contributed by atoms with E-state index in [0.717, 1.165) is 0 Å². The fraction of sp³-hybridized carbons (Fsp3) is 1.00. The van der Waals surface area contributed by atoms with Gasteiger partial charge >= 0.3 is 0 Å². The lowest BCUT2D eigenvalue weighted by Crippen LogP contribution is -2.59. The van der Waals surface area contributed by atoms with Crippen LogP contribution in [0.4, 0.5) is 0 Å². The van der Waals surface area contributed by atoms with Crippen molar-refractivity contribution in [3.8, 4) is 0 Å². The molecule has 0 aromatic heterocycles. The van der Waals surface area contributed by atoms with Crippen LogP contribution in [-0.4, -0.2) is 64.5 Å². The maximum atomic E-state index is 9.46. The molecule has 1 aliphatic heterocycles. The van der Waals surface area contributed by atoms with E-state index in [-0.39, 0.29) is 6.73 Å². The first kappa shape index (κ1) is 11.8. The molecule has 84 valence electrons. The molecule has 1 heterocycles. The van der Waals surface area contributed by atoms with Gasteiger partial charge in [-0.1, -0.05) is 0 Å². The Balaban J connectivity index is 2.63. The van der Waals surface area contributed by atoms with Gasteiger partial charge in [0.1, 0.15) is 24.4 Å². The average Bonchev–Trinajstić information content (AvgIpc) is 2.18. The molecule has 6 N–H and O–H groups in total. The molecule has 0 spiro atoms. The van der Waals surface area contributed by atoms with Gasteiger partial charge in [0.25, 0.3) is 0 Å². The SMILES string of the molecule is NCOC1C(O)OC(CO)C(O)C1O. The summed E-state index contributed by atoms with van der Waals surface area (Å²) in [6.45, 7) is -0.705. The molecule has 7 nitrogen and oxygen atoms in total. The zero-order chi connectivity index (χ0) is 10.7. The van der Waals surface area contributed by atoms with Crippen LogP contribution in [0.3, 0.4) is 0 Å². The van der Waals surface area contributed by atoms with Crippen LogP contribution in [0.2, 0.25) is 0 Å². The van der Waals surface area contributed by atoms with Crippen molar-refractivity contribution in [2.45, 2.75) is 30.7 Å². The molecule has 0 amide bonds. The van der Waals surface area contributed by atoms with Crippen LogP contribution in [0, 0.1) is 0 Å². The summed E-state index contributed by atoms with van der Waals surface area (Å²) in [4.78, 5) is 0. The zero-order valence-electron chi connectivity index (χ0n) is 7.48. The molecule has 0 aromatic rings. The third-order valence-electron chi connectivity index (χ3n) is 2.13. The van der Waals surface area contributed by atoms with Gasteiger partial charge in [-0.3, -0.25) is 0 Å². The van der Waals surface area contributed by atoms with Gasteiger partial charge in [-0.25, -0.2) is 0 Å². The molecule has 0 aliphatic carbocycles. The lowest BCUT2D eigenvalue weighted by molar-refractivity contribution is -0.296. The largest absolute Gasteiger partial charge is 0.394 e. The molecule has 1 fully saturated rings. The topological polar surface area (TPSA) is 125 Å². The van der Waals surface area contributed by atoms with Gasteiger partial charge in [-0.05, 0) is 0 Å². The fourth-order valence-electron chi connectivity index (χ4n) is 1.36. The third-order valence-corrected chi connectivity index (χ3v) is 2.13. The standard InChI is InChI=1S/C7H15NO6/c8-2-13-6-5(11)4(10)3(1-9)14-7(6)12/h3-7,9-12H,1-2,8H2. The van der Waals surface area contributed by atoms with E-state index < -0.39 is 37.3 Å². The third kappa shape index (κ3) is 2.20. The van der Waals surface area contributed by atoms with E-state index in [9.17, 15) is 15.3 Å². The predicted octanol–water partition coefficient (Wildman–Crippen LogP) is -3.28. The van der Waals surface area contributed by atoms with Gasteiger partial charge in [0.05, 0.1) is 13.3 Å². The van der Waals surface area contributed by atoms with Gasteiger partial charge in [-0.15, -0.1) is 0 Å². The Morgan fingerprint density at radius 1 is 1.21 bits per heavy atom. The Morgan fingerprint density at radius 3 is 2.36 bits per heavy atom. The monoisotopic (exact) mass is 209 g/mol. The van der Waals surface area contributed by atoms with Crippen molar-refractivity contribution in [2.75, 3.05) is 13.3 Å². The molecule has 0 radical (unpaired) electrons. The number of hydrogen-bond donors (Lipinski definition) is 5. The Bertz CT molecular complexity index is 180. The van der Waals surface area contributed by atoms with E-state index in [1.807, 2.05) is 0 Å². The summed E-state index contributed by atoms with van der Waals surface area (Å²) >= 11 is 0. The molecular formula is C7H15NO6. The molecule has 0 saturated carbocycles. The van der Waals surface area contributed by atoms with Gasteiger partial charge < -0.3 is 35.6 Å². The van der Waals surface area contributed by atoms with E-state index in [1.165, 1.54) is 0 Å². The smallest absolute Gasteiger partial charge is 0.184 e. The van der Waals surface area contributed by atoms with Crippen molar-refractivity contribution in [1.82, 2.24) is 0 Å². The first-order valence-electron chi connectivity index (χ1n) is 4.24. The maximum Gasteiger partial charge on any atom is 0.184 e. The first-order chi connectivity index (χ1) is 6.61. The maximum absolute atomic E-state index is 9.46. The van der Waals surface area contributed by atoms with Crippen molar-refractivity contribution in [3.05, 3.63) is 0 Å². The molecular weight excluding hydrogens is 194 g/mol. The van der Waals surface area contributed by atoms with E-state index in [4.69, 9.17) is 20.3 Å². The second kappa shape index (κ2) is 4.99. The van der Waals surface area contributed by atoms with Crippen LogP contribution in [0.5, 0.6) is 0 Å². The molecule has 0 bridgehead atoms. The van der Waals surface area contributed by atoms with E-state index in [1.54, 1.807) is 0 Å². The normalized spacial score (nSPS) is 43.9. The van der Waals surface area contributed by atoms with Crippen LogP contribution in [0.1, 0.15) is 0 Å². The number of hydrogen-bond acceptors (Lipinski definition) is 7. The minimum atomic E-state index is -1.41. The van der Waals surface area contributed by atoms with E-state index in [0.29, 0.717) is 0 Å². The Labute approximate surface area is 80.7 Å². The number of nitrogens with two attached hydrogens (primary N) is 1. The first-order valence-corrected chi connectivity index (χ1v) is 4.24. The van der Waals surface area contributed by atoms with Crippen molar-refractivity contribution < 1.29 is 29.9 Å². The van der Waals surface area contributed by atoms with Crippen LogP contribution >= 0.6 is 0 Å². The van der Waals surface area contributed by atoms with Crippen LogP contribution in [0.15, 0.2) is 0 Å². The summed E-state index contributed by atoms with van der Waals surface area (Å²) in [7, 11) is 0. The van der Waals surface area contributed by atoms with Crippen LogP contribution < -0.4 is 5.73 Å². The molecule has 7 heteroatoms. The van der Waals surface area contributed by atoms with Crippen molar-refractivity contribution in [1.29, 1.82) is 0 Å². The van der Waals surface area contributed by atoms with Gasteiger partial charge in [0.15, 0.2) is 6.29 Å². The number of aliphatic hydroxyl groups is 4. The highest BCUT2D eigenvalue weighted by Crippen LogP contribution is 2.21. The minimum Gasteiger partial charge on any atom is -0.394 e. The van der Waals surface area contributed by atoms with Gasteiger partial charge in [-0.2, -0.15) is 0 Å². The summed E-state index contributed by atoms with van der Waals surface area (Å²) in [6, 6.07) is 0. The van der Waals surface area contributed by atoms with Crippen LogP contribution in [-0.2, 0) is 9.47 Å². The van der Waals surface area contributed by atoms with Gasteiger partial charge in [0.2, 0.25) is 0 Å². The minimum absolute atomic E-state index is 0.210. The Kier molecular flexibility index (Phi) is 4.20. The van der Waals surface area contributed by atoms with Crippen LogP contribution in [0.25, 0.3) is 0 Å². The molecule has 5 unspecified atom stereocenters. The quantitative estimate of drug-likeness (QED) is 0.308. The van der Waals surface area contributed by atoms with E-state index >= 15 is 0 Å². The number of rotatable bonds is 3. The van der Waals surface area contributed by atoms with Gasteiger partial charge in [0, 0.05) is 0 Å². The molecule has 1 saturated heterocycles. The number of ether oxygens (including phenoxy) is 2. The summed E-state index contributed by atoms with van der Waals surface area (Å²) in [5.41, 5.74) is 5.07. The summed E-state index contributed by atoms with van der Waals surface area (Å²) in [6.07, 6.45) is -6.16. The van der Waals surface area contributed by atoms with Crippen molar-refractivity contribution in [2.24, 2.45) is 5.73 Å². The number of aliphatic hydroxyl groups excluding tert-OH is 4. The molecule has 1 aliphatic rings.